The van der Waals surface area contributed by atoms with Gasteiger partial charge in [-0.15, -0.1) is 24.0 Å². The van der Waals surface area contributed by atoms with Crippen molar-refractivity contribution in [2.45, 2.75) is 103 Å². The molecular formula is C22H44IN5O2. The van der Waals surface area contributed by atoms with Crippen LogP contribution in [0.3, 0.4) is 0 Å². The molecule has 0 radical (unpaired) electrons. The Kier molecular flexibility index (Phi) is 12.4. The van der Waals surface area contributed by atoms with Crippen LogP contribution in [0.5, 0.6) is 0 Å². The van der Waals surface area contributed by atoms with Gasteiger partial charge in [0.25, 0.3) is 0 Å². The van der Waals surface area contributed by atoms with Gasteiger partial charge in [-0.2, -0.15) is 0 Å². The van der Waals surface area contributed by atoms with Crippen LogP contribution in [0.4, 0.5) is 4.79 Å². The summed E-state index contributed by atoms with van der Waals surface area (Å²) >= 11 is 0. The van der Waals surface area contributed by atoms with Crippen molar-refractivity contribution >= 4 is 36.0 Å². The number of carbonyl (C=O) groups excluding carboxylic acids is 1. The van der Waals surface area contributed by atoms with Gasteiger partial charge in [-0.25, -0.2) is 4.79 Å². The third-order valence-electron chi connectivity index (χ3n) is 5.75. The molecule has 0 bridgehead atoms. The summed E-state index contributed by atoms with van der Waals surface area (Å²) in [5, 5.41) is 10.0. The van der Waals surface area contributed by atoms with Gasteiger partial charge in [0.2, 0.25) is 0 Å². The lowest BCUT2D eigenvalue weighted by Crippen LogP contribution is -2.48. The number of carbonyl (C=O) groups is 1. The number of aliphatic imine (C=N–C) groups is 1. The lowest BCUT2D eigenvalue weighted by atomic mass is 9.91. The maximum atomic E-state index is 12.0. The number of hydrogen-bond donors (Lipinski definition) is 3. The standard InChI is InChI=1S/C22H43N5O2.HI/c1-6-23-20(24-16-19-10-8-9-15-27(19)7-2)25-17-11-13-18(14-12-17)26-21(28)29-22(3,4)5;/h17-19H,6-16H2,1-5H3,(H,26,28)(H2,23,24,25);1H. The van der Waals surface area contributed by atoms with E-state index in [0.717, 1.165) is 51.3 Å². The van der Waals surface area contributed by atoms with Gasteiger partial charge in [-0.3, -0.25) is 9.89 Å². The van der Waals surface area contributed by atoms with Crippen molar-refractivity contribution in [3.63, 3.8) is 0 Å². The Labute approximate surface area is 200 Å². The average Bonchev–Trinajstić information content (AvgIpc) is 2.66. The normalized spacial score (nSPS) is 25.8. The highest BCUT2D eigenvalue weighted by atomic mass is 127. The van der Waals surface area contributed by atoms with E-state index in [0.29, 0.717) is 12.1 Å². The predicted molar refractivity (Wildman–Crippen MR) is 135 cm³/mol. The monoisotopic (exact) mass is 537 g/mol. The summed E-state index contributed by atoms with van der Waals surface area (Å²) in [6, 6.07) is 1.17. The number of piperidine rings is 1. The Bertz CT molecular complexity index is 530. The van der Waals surface area contributed by atoms with Crippen LogP contribution in [0.25, 0.3) is 0 Å². The number of nitrogens with zero attached hydrogens (tertiary/aromatic N) is 2. The zero-order valence-corrected chi connectivity index (χ0v) is 22.0. The molecule has 3 N–H and O–H groups in total. The average molecular weight is 538 g/mol. The SMILES string of the molecule is CCNC(=NCC1CCCCN1CC)NC1CCC(NC(=O)OC(C)(C)C)CC1.I. The van der Waals surface area contributed by atoms with Crippen LogP contribution < -0.4 is 16.0 Å². The lowest BCUT2D eigenvalue weighted by molar-refractivity contribution is 0.0490. The van der Waals surface area contributed by atoms with Gasteiger partial charge in [0.05, 0.1) is 6.54 Å². The molecule has 176 valence electrons. The summed E-state index contributed by atoms with van der Waals surface area (Å²) in [6.07, 6.45) is 7.54. The van der Waals surface area contributed by atoms with E-state index in [1.807, 2.05) is 20.8 Å². The van der Waals surface area contributed by atoms with Crippen LogP contribution in [0, 0.1) is 0 Å². The summed E-state index contributed by atoms with van der Waals surface area (Å²) in [7, 11) is 0. The first-order valence-electron chi connectivity index (χ1n) is 11.6. The minimum absolute atomic E-state index is 0. The molecule has 7 nitrogen and oxygen atoms in total. The van der Waals surface area contributed by atoms with E-state index in [9.17, 15) is 4.79 Å². The number of hydrogen-bond acceptors (Lipinski definition) is 4. The summed E-state index contributed by atoms with van der Waals surface area (Å²) in [5.41, 5.74) is -0.453. The number of alkyl carbamates (subject to hydrolysis) is 1. The highest BCUT2D eigenvalue weighted by Gasteiger charge is 2.25. The number of nitrogens with one attached hydrogen (secondary N) is 3. The Morgan fingerprint density at radius 3 is 2.23 bits per heavy atom. The van der Waals surface area contributed by atoms with Gasteiger partial charge in [0.1, 0.15) is 5.60 Å². The molecule has 2 aliphatic rings. The first-order chi connectivity index (χ1) is 13.8. The Hall–Kier alpha value is -0.770. The van der Waals surface area contributed by atoms with Crippen molar-refractivity contribution in [2.75, 3.05) is 26.2 Å². The molecule has 2 rings (SSSR count). The van der Waals surface area contributed by atoms with Crippen molar-refractivity contribution in [1.29, 1.82) is 0 Å². The van der Waals surface area contributed by atoms with Crippen LogP contribution in [0.15, 0.2) is 4.99 Å². The second kappa shape index (κ2) is 13.6. The quantitative estimate of drug-likeness (QED) is 0.273. The topological polar surface area (TPSA) is 78.0 Å². The van der Waals surface area contributed by atoms with Gasteiger partial charge in [0.15, 0.2) is 5.96 Å². The zero-order valence-electron chi connectivity index (χ0n) is 19.6. The molecule has 30 heavy (non-hydrogen) atoms. The van der Waals surface area contributed by atoms with Gasteiger partial charge in [-0.1, -0.05) is 13.3 Å². The molecule has 0 aromatic rings. The number of rotatable bonds is 6. The molecule has 1 atom stereocenters. The van der Waals surface area contributed by atoms with E-state index in [4.69, 9.17) is 9.73 Å². The Morgan fingerprint density at radius 1 is 1.03 bits per heavy atom. The van der Waals surface area contributed by atoms with E-state index in [1.165, 1.54) is 25.8 Å². The zero-order chi connectivity index (χ0) is 21.3. The molecule has 1 saturated heterocycles. The van der Waals surface area contributed by atoms with E-state index >= 15 is 0 Å². The largest absolute Gasteiger partial charge is 0.444 e. The number of amides is 1. The van der Waals surface area contributed by atoms with Crippen molar-refractivity contribution in [2.24, 2.45) is 4.99 Å². The van der Waals surface area contributed by atoms with E-state index in [1.54, 1.807) is 0 Å². The van der Waals surface area contributed by atoms with Crippen LogP contribution >= 0.6 is 24.0 Å². The highest BCUT2D eigenvalue weighted by molar-refractivity contribution is 14.0. The first kappa shape index (κ1) is 27.3. The van der Waals surface area contributed by atoms with Gasteiger partial charge in [-0.05, 0) is 79.3 Å². The predicted octanol–water partition coefficient (Wildman–Crippen LogP) is 3.87. The van der Waals surface area contributed by atoms with Crippen LogP contribution in [0.2, 0.25) is 0 Å². The molecule has 0 spiro atoms. The molecule has 1 aliphatic heterocycles. The van der Waals surface area contributed by atoms with Crippen molar-refractivity contribution in [3.8, 4) is 0 Å². The lowest BCUT2D eigenvalue weighted by Gasteiger charge is -2.34. The second-order valence-corrected chi connectivity index (χ2v) is 9.34. The molecule has 1 heterocycles. The minimum atomic E-state index is -0.453. The summed E-state index contributed by atoms with van der Waals surface area (Å²) < 4.78 is 5.37. The summed E-state index contributed by atoms with van der Waals surface area (Å²) in [5.74, 6) is 0.928. The van der Waals surface area contributed by atoms with Crippen LogP contribution in [-0.2, 0) is 4.74 Å². The molecule has 2 fully saturated rings. The van der Waals surface area contributed by atoms with Crippen molar-refractivity contribution < 1.29 is 9.53 Å². The van der Waals surface area contributed by atoms with Gasteiger partial charge < -0.3 is 20.7 Å². The number of likely N-dealkylation sites (N-methyl/N-ethyl adjacent to an activating group) is 1. The number of guanidine groups is 1. The molecule has 0 aromatic carbocycles. The Morgan fingerprint density at radius 2 is 1.67 bits per heavy atom. The van der Waals surface area contributed by atoms with Crippen LogP contribution in [0.1, 0.15) is 79.6 Å². The molecular weight excluding hydrogens is 493 g/mol. The number of ether oxygens (including phenoxy) is 1. The highest BCUT2D eigenvalue weighted by Crippen LogP contribution is 2.20. The van der Waals surface area contributed by atoms with Gasteiger partial charge >= 0.3 is 6.09 Å². The summed E-state index contributed by atoms with van der Waals surface area (Å²) in [6.45, 7) is 14.1. The second-order valence-electron chi connectivity index (χ2n) is 9.34. The first-order valence-corrected chi connectivity index (χ1v) is 11.6. The molecule has 1 unspecified atom stereocenters. The maximum absolute atomic E-state index is 12.0. The fourth-order valence-electron chi connectivity index (χ4n) is 4.25. The molecule has 1 amide bonds. The molecule has 1 saturated carbocycles. The van der Waals surface area contributed by atoms with E-state index < -0.39 is 5.60 Å². The van der Waals surface area contributed by atoms with E-state index in [2.05, 4.69) is 34.7 Å². The smallest absolute Gasteiger partial charge is 0.407 e. The minimum Gasteiger partial charge on any atom is -0.444 e. The third kappa shape index (κ3) is 10.0. The molecule has 0 aromatic heterocycles. The number of likely N-dealkylation sites (tertiary alicyclic amines) is 1. The maximum Gasteiger partial charge on any atom is 0.407 e. The number of halogens is 1. The fraction of sp³-hybridized carbons (Fsp3) is 0.909. The van der Waals surface area contributed by atoms with Crippen molar-refractivity contribution in [3.05, 3.63) is 0 Å². The Balaban J connectivity index is 0.00000450. The fourth-order valence-corrected chi connectivity index (χ4v) is 4.25. The molecule has 1 aliphatic carbocycles. The van der Waals surface area contributed by atoms with Gasteiger partial charge in [0, 0.05) is 24.7 Å². The van der Waals surface area contributed by atoms with E-state index in [-0.39, 0.29) is 36.1 Å². The molecule has 8 heteroatoms. The summed E-state index contributed by atoms with van der Waals surface area (Å²) in [4.78, 5) is 19.4. The van der Waals surface area contributed by atoms with Crippen LogP contribution in [-0.4, -0.2) is 66.9 Å². The van der Waals surface area contributed by atoms with Crippen molar-refractivity contribution in [1.82, 2.24) is 20.9 Å². The third-order valence-corrected chi connectivity index (χ3v) is 5.75.